The van der Waals surface area contributed by atoms with Crippen LogP contribution in [0.25, 0.3) is 11.1 Å². The molecule has 2 aromatic rings. The number of hydrogen-bond donors (Lipinski definition) is 0. The summed E-state index contributed by atoms with van der Waals surface area (Å²) in [4.78, 5) is 2.05. The van der Waals surface area contributed by atoms with Gasteiger partial charge in [-0.2, -0.15) is 0 Å². The van der Waals surface area contributed by atoms with E-state index < -0.39 is 0 Å². The lowest BCUT2D eigenvalue weighted by atomic mass is 10.0. The van der Waals surface area contributed by atoms with E-state index >= 15 is 0 Å². The second-order valence-corrected chi connectivity index (χ2v) is 4.54. The van der Waals surface area contributed by atoms with Crippen LogP contribution in [0, 0.1) is 0 Å². The van der Waals surface area contributed by atoms with Gasteiger partial charge >= 0.3 is 0 Å². The molecule has 0 aliphatic heterocycles. The van der Waals surface area contributed by atoms with Crippen LogP contribution in [0.1, 0.15) is 11.8 Å². The van der Waals surface area contributed by atoms with Crippen LogP contribution in [-0.2, 0) is 4.74 Å². The minimum Gasteiger partial charge on any atom is -0.362 e. The molecule has 2 heteroatoms. The van der Waals surface area contributed by atoms with Gasteiger partial charge < -0.3 is 4.74 Å². The topological polar surface area (TPSA) is 12.5 Å². The van der Waals surface area contributed by atoms with E-state index in [9.17, 15) is 0 Å². The number of ether oxygens (including phenoxy) is 1. The number of methoxy groups -OCH3 is 1. The molecule has 0 aliphatic carbocycles. The van der Waals surface area contributed by atoms with Crippen LogP contribution < -0.4 is 0 Å². The zero-order valence-corrected chi connectivity index (χ0v) is 11.1. The largest absolute Gasteiger partial charge is 0.362 e. The molecule has 2 nitrogen and oxygen atoms in total. The van der Waals surface area contributed by atoms with Crippen LogP contribution in [0.5, 0.6) is 0 Å². The maximum atomic E-state index is 5.47. The Bertz CT molecular complexity index is 476. The molecule has 1 unspecified atom stereocenters. The lowest BCUT2D eigenvalue weighted by Gasteiger charge is -2.23. The second kappa shape index (κ2) is 5.80. The van der Waals surface area contributed by atoms with Gasteiger partial charge in [-0.3, -0.25) is 4.90 Å². The maximum Gasteiger partial charge on any atom is 0.135 e. The van der Waals surface area contributed by atoms with Crippen molar-refractivity contribution in [1.82, 2.24) is 4.90 Å². The summed E-state index contributed by atoms with van der Waals surface area (Å²) >= 11 is 0. The van der Waals surface area contributed by atoms with E-state index in [-0.39, 0.29) is 6.23 Å². The van der Waals surface area contributed by atoms with Crippen LogP contribution in [-0.4, -0.2) is 26.1 Å². The van der Waals surface area contributed by atoms with Gasteiger partial charge in [0, 0.05) is 7.11 Å². The summed E-state index contributed by atoms with van der Waals surface area (Å²) < 4.78 is 5.47. The molecule has 2 rings (SSSR count). The third-order valence-electron chi connectivity index (χ3n) is 3.00. The summed E-state index contributed by atoms with van der Waals surface area (Å²) in [7, 11) is 5.76. The van der Waals surface area contributed by atoms with Gasteiger partial charge in [-0.1, -0.05) is 54.6 Å². The molecule has 0 N–H and O–H groups in total. The summed E-state index contributed by atoms with van der Waals surface area (Å²) in [5.74, 6) is 0. The van der Waals surface area contributed by atoms with E-state index in [2.05, 4.69) is 53.4 Å². The smallest absolute Gasteiger partial charge is 0.135 e. The molecule has 1 atom stereocenters. The molecule has 0 aromatic heterocycles. The van der Waals surface area contributed by atoms with Crippen molar-refractivity contribution < 1.29 is 4.74 Å². The van der Waals surface area contributed by atoms with E-state index in [4.69, 9.17) is 4.74 Å². The molecule has 0 saturated carbocycles. The Kier molecular flexibility index (Phi) is 4.13. The summed E-state index contributed by atoms with van der Waals surface area (Å²) in [5, 5.41) is 0. The average Bonchev–Trinajstić information content (AvgIpc) is 2.41. The van der Waals surface area contributed by atoms with Crippen LogP contribution in [0.15, 0.2) is 54.6 Å². The highest BCUT2D eigenvalue weighted by Gasteiger charge is 2.12. The fraction of sp³-hybridized carbons (Fsp3) is 0.250. The SMILES string of the molecule is COC(c1ccc(-c2ccccc2)cc1)N(C)C. The van der Waals surface area contributed by atoms with Crippen molar-refractivity contribution in [2.24, 2.45) is 0 Å². The summed E-state index contributed by atoms with van der Waals surface area (Å²) in [5.41, 5.74) is 3.64. The fourth-order valence-corrected chi connectivity index (χ4v) is 2.12. The average molecular weight is 241 g/mol. The van der Waals surface area contributed by atoms with Gasteiger partial charge in [0.2, 0.25) is 0 Å². The normalized spacial score (nSPS) is 12.7. The van der Waals surface area contributed by atoms with E-state index in [1.807, 2.05) is 20.2 Å². The molecule has 0 bridgehead atoms. The first-order valence-corrected chi connectivity index (χ1v) is 6.07. The van der Waals surface area contributed by atoms with Gasteiger partial charge in [0.05, 0.1) is 0 Å². The van der Waals surface area contributed by atoms with E-state index in [1.165, 1.54) is 16.7 Å². The van der Waals surface area contributed by atoms with Gasteiger partial charge in [-0.25, -0.2) is 0 Å². The first kappa shape index (κ1) is 12.8. The molecular weight excluding hydrogens is 222 g/mol. The summed E-state index contributed by atoms with van der Waals surface area (Å²) in [6, 6.07) is 18.9. The van der Waals surface area contributed by atoms with E-state index in [1.54, 1.807) is 7.11 Å². The quantitative estimate of drug-likeness (QED) is 0.759. The Morgan fingerprint density at radius 2 is 1.39 bits per heavy atom. The Labute approximate surface area is 109 Å². The molecule has 0 saturated heterocycles. The lowest BCUT2D eigenvalue weighted by molar-refractivity contribution is -0.00539. The van der Waals surface area contributed by atoms with E-state index in [0.29, 0.717) is 0 Å². The summed E-state index contributed by atoms with van der Waals surface area (Å²) in [6.07, 6.45) is 0.00910. The van der Waals surface area contributed by atoms with Crippen molar-refractivity contribution in [2.45, 2.75) is 6.23 Å². The fourth-order valence-electron chi connectivity index (χ4n) is 2.12. The monoisotopic (exact) mass is 241 g/mol. The molecule has 0 spiro atoms. The Hall–Kier alpha value is -1.64. The molecule has 0 amide bonds. The predicted molar refractivity (Wildman–Crippen MR) is 75.3 cm³/mol. The molecule has 0 fully saturated rings. The van der Waals surface area contributed by atoms with Crippen LogP contribution in [0.2, 0.25) is 0 Å². The Balaban J connectivity index is 2.25. The highest BCUT2D eigenvalue weighted by Crippen LogP contribution is 2.23. The zero-order valence-electron chi connectivity index (χ0n) is 11.1. The van der Waals surface area contributed by atoms with Crippen molar-refractivity contribution in [3.8, 4) is 11.1 Å². The number of nitrogens with zero attached hydrogens (tertiary/aromatic N) is 1. The number of hydrogen-bond acceptors (Lipinski definition) is 2. The number of benzene rings is 2. The van der Waals surface area contributed by atoms with Crippen LogP contribution in [0.4, 0.5) is 0 Å². The molecule has 2 aromatic carbocycles. The minimum atomic E-state index is 0.00910. The molecular formula is C16H19NO. The summed E-state index contributed by atoms with van der Waals surface area (Å²) in [6.45, 7) is 0. The molecule has 94 valence electrons. The van der Waals surface area contributed by atoms with Gasteiger partial charge in [0.25, 0.3) is 0 Å². The van der Waals surface area contributed by atoms with Gasteiger partial charge in [0.15, 0.2) is 0 Å². The van der Waals surface area contributed by atoms with Gasteiger partial charge in [-0.05, 0) is 30.8 Å². The van der Waals surface area contributed by atoms with Crippen molar-refractivity contribution in [3.63, 3.8) is 0 Å². The standard InChI is InChI=1S/C16H19NO/c1-17(2)16(18-3)15-11-9-14(10-12-15)13-7-5-4-6-8-13/h4-12,16H,1-3H3. The Morgan fingerprint density at radius 3 is 1.89 bits per heavy atom. The number of rotatable bonds is 4. The third-order valence-corrected chi connectivity index (χ3v) is 3.00. The first-order chi connectivity index (χ1) is 8.72. The Morgan fingerprint density at radius 1 is 0.833 bits per heavy atom. The zero-order chi connectivity index (χ0) is 13.0. The van der Waals surface area contributed by atoms with Crippen LogP contribution >= 0.6 is 0 Å². The molecule has 0 aliphatic rings. The maximum absolute atomic E-state index is 5.47. The highest BCUT2D eigenvalue weighted by molar-refractivity contribution is 5.63. The molecule has 0 radical (unpaired) electrons. The third kappa shape index (κ3) is 2.78. The van der Waals surface area contributed by atoms with Crippen molar-refractivity contribution >= 4 is 0 Å². The van der Waals surface area contributed by atoms with Gasteiger partial charge in [-0.15, -0.1) is 0 Å². The van der Waals surface area contributed by atoms with Crippen molar-refractivity contribution in [3.05, 3.63) is 60.2 Å². The highest BCUT2D eigenvalue weighted by atomic mass is 16.5. The van der Waals surface area contributed by atoms with Crippen molar-refractivity contribution in [1.29, 1.82) is 0 Å². The lowest BCUT2D eigenvalue weighted by Crippen LogP contribution is -2.21. The molecule has 0 heterocycles. The predicted octanol–water partition coefficient (Wildman–Crippen LogP) is 3.56. The second-order valence-electron chi connectivity index (χ2n) is 4.54. The van der Waals surface area contributed by atoms with Crippen LogP contribution in [0.3, 0.4) is 0 Å². The van der Waals surface area contributed by atoms with Crippen molar-refractivity contribution in [2.75, 3.05) is 21.2 Å². The van der Waals surface area contributed by atoms with E-state index in [0.717, 1.165) is 0 Å². The molecule has 18 heavy (non-hydrogen) atoms. The van der Waals surface area contributed by atoms with Gasteiger partial charge in [0.1, 0.15) is 6.23 Å². The first-order valence-electron chi connectivity index (χ1n) is 6.07. The minimum absolute atomic E-state index is 0.00910.